The molecule has 0 unspecified atom stereocenters. The highest BCUT2D eigenvalue weighted by Gasteiger charge is 2.19. The van der Waals surface area contributed by atoms with Crippen molar-refractivity contribution < 1.29 is 4.79 Å². The minimum absolute atomic E-state index is 0.204. The number of thioether (sulfide) groups is 1. The number of carbonyl (C=O) groups is 1. The maximum Gasteiger partial charge on any atom is 0.237 e. The molecule has 0 radical (unpaired) electrons. The van der Waals surface area contributed by atoms with E-state index >= 15 is 0 Å². The number of rotatable bonds is 4. The van der Waals surface area contributed by atoms with Crippen molar-refractivity contribution in [1.82, 2.24) is 9.97 Å². The van der Waals surface area contributed by atoms with Crippen LogP contribution in [0.1, 0.15) is 23.9 Å². The summed E-state index contributed by atoms with van der Waals surface area (Å²) < 4.78 is 0. The van der Waals surface area contributed by atoms with Crippen LogP contribution in [0.4, 0.5) is 5.69 Å². The van der Waals surface area contributed by atoms with Gasteiger partial charge in [0, 0.05) is 11.4 Å². The number of nitrogens with zero attached hydrogens (tertiary/aromatic N) is 2. The Kier molecular flexibility index (Phi) is 5.89. The van der Waals surface area contributed by atoms with Gasteiger partial charge in [0.2, 0.25) is 5.91 Å². The van der Waals surface area contributed by atoms with E-state index in [1.807, 2.05) is 20.8 Å². The Balaban J connectivity index is 2.12. The molecule has 7 heteroatoms. The first-order chi connectivity index (χ1) is 10.8. The molecular weight excluding hydrogens is 353 g/mol. The lowest BCUT2D eigenvalue weighted by atomic mass is 10.2. The normalized spacial score (nSPS) is 12.1. The van der Waals surface area contributed by atoms with Crippen molar-refractivity contribution in [2.45, 2.75) is 38.1 Å². The Morgan fingerprint density at radius 2 is 1.65 bits per heavy atom. The zero-order valence-corrected chi connectivity index (χ0v) is 15.6. The third-order valence-corrected chi connectivity index (χ3v) is 5.07. The van der Waals surface area contributed by atoms with Crippen molar-refractivity contribution in [3.05, 3.63) is 45.2 Å². The highest BCUT2D eigenvalue weighted by Crippen LogP contribution is 2.31. The number of para-hydroxylation sites is 1. The zero-order chi connectivity index (χ0) is 17.1. The molecule has 23 heavy (non-hydrogen) atoms. The summed E-state index contributed by atoms with van der Waals surface area (Å²) in [6.07, 6.45) is 0. The van der Waals surface area contributed by atoms with Crippen molar-refractivity contribution in [1.29, 1.82) is 0 Å². The molecule has 1 heterocycles. The maximum atomic E-state index is 12.4. The summed E-state index contributed by atoms with van der Waals surface area (Å²) >= 11 is 13.4. The molecule has 0 spiro atoms. The largest absolute Gasteiger partial charge is 0.323 e. The monoisotopic (exact) mass is 369 g/mol. The van der Waals surface area contributed by atoms with Crippen LogP contribution in [0, 0.1) is 20.8 Å². The molecule has 0 aliphatic carbocycles. The van der Waals surface area contributed by atoms with Crippen LogP contribution in [0.25, 0.3) is 0 Å². The van der Waals surface area contributed by atoms with Gasteiger partial charge in [0.05, 0.1) is 21.0 Å². The molecule has 1 amide bonds. The van der Waals surface area contributed by atoms with E-state index in [1.54, 1.807) is 25.1 Å². The van der Waals surface area contributed by atoms with Crippen LogP contribution < -0.4 is 5.32 Å². The first-order valence-corrected chi connectivity index (χ1v) is 8.66. The maximum absolute atomic E-state index is 12.4. The number of aromatic nitrogens is 2. The number of carbonyl (C=O) groups excluding carboxylic acids is 1. The number of aryl methyl sites for hydroxylation is 2. The number of nitrogens with one attached hydrogen (secondary N) is 1. The third-order valence-electron chi connectivity index (χ3n) is 3.47. The van der Waals surface area contributed by atoms with Gasteiger partial charge >= 0.3 is 0 Å². The summed E-state index contributed by atoms with van der Waals surface area (Å²) in [5.41, 5.74) is 3.32. The van der Waals surface area contributed by atoms with Gasteiger partial charge in [0.25, 0.3) is 0 Å². The quantitative estimate of drug-likeness (QED) is 0.619. The van der Waals surface area contributed by atoms with Crippen LogP contribution >= 0.6 is 35.0 Å². The molecule has 1 aromatic carbocycles. The lowest BCUT2D eigenvalue weighted by molar-refractivity contribution is -0.115. The van der Waals surface area contributed by atoms with Gasteiger partial charge in [-0.05, 0) is 45.4 Å². The van der Waals surface area contributed by atoms with Gasteiger partial charge in [-0.15, -0.1) is 0 Å². The van der Waals surface area contributed by atoms with E-state index in [0.717, 1.165) is 17.0 Å². The fourth-order valence-corrected chi connectivity index (χ4v) is 3.20. The Morgan fingerprint density at radius 1 is 1.13 bits per heavy atom. The SMILES string of the molecule is Cc1nc(S[C@@H](C)C(=O)Nc2c(Cl)cccc2Cl)nc(C)c1C. The number of amides is 1. The molecule has 1 atom stereocenters. The fraction of sp³-hybridized carbons (Fsp3) is 0.312. The standard InChI is InChI=1S/C16H17Cl2N3OS/c1-8-9(2)19-16(20-10(8)3)23-11(4)15(22)21-14-12(17)6-5-7-13(14)18/h5-7,11H,1-4H3,(H,21,22)/t11-/m0/s1. The van der Waals surface area contributed by atoms with Crippen molar-refractivity contribution in [3.63, 3.8) is 0 Å². The molecule has 0 saturated heterocycles. The van der Waals surface area contributed by atoms with Crippen LogP contribution in [0.3, 0.4) is 0 Å². The first-order valence-electron chi connectivity index (χ1n) is 7.03. The van der Waals surface area contributed by atoms with Gasteiger partial charge in [0.15, 0.2) is 5.16 Å². The second-order valence-corrected chi connectivity index (χ2v) is 7.27. The van der Waals surface area contributed by atoms with Gasteiger partial charge in [-0.3, -0.25) is 4.79 Å². The van der Waals surface area contributed by atoms with E-state index in [4.69, 9.17) is 23.2 Å². The zero-order valence-electron chi connectivity index (χ0n) is 13.3. The number of anilines is 1. The Morgan fingerprint density at radius 3 is 2.17 bits per heavy atom. The molecule has 2 aromatic rings. The summed E-state index contributed by atoms with van der Waals surface area (Å²) in [5.74, 6) is -0.204. The molecule has 0 aliphatic rings. The number of halogens is 2. The van der Waals surface area contributed by atoms with E-state index in [9.17, 15) is 4.79 Å². The van der Waals surface area contributed by atoms with Gasteiger partial charge in [0.1, 0.15) is 0 Å². The van der Waals surface area contributed by atoms with Crippen molar-refractivity contribution in [2.75, 3.05) is 5.32 Å². The first kappa shape index (κ1) is 18.0. The second-order valence-electron chi connectivity index (χ2n) is 5.15. The minimum Gasteiger partial charge on any atom is -0.323 e. The third kappa shape index (κ3) is 4.37. The van der Waals surface area contributed by atoms with E-state index in [2.05, 4.69) is 15.3 Å². The summed E-state index contributed by atoms with van der Waals surface area (Å²) in [4.78, 5) is 21.2. The number of hydrogen-bond donors (Lipinski definition) is 1. The molecule has 0 fully saturated rings. The van der Waals surface area contributed by atoms with Crippen LogP contribution in [0.15, 0.2) is 23.4 Å². The van der Waals surface area contributed by atoms with E-state index in [1.165, 1.54) is 11.8 Å². The van der Waals surface area contributed by atoms with Crippen LogP contribution in [0.2, 0.25) is 10.0 Å². The number of hydrogen-bond acceptors (Lipinski definition) is 4. The predicted molar refractivity (Wildman–Crippen MR) is 96.7 cm³/mol. The van der Waals surface area contributed by atoms with Gasteiger partial charge in [-0.2, -0.15) is 0 Å². The van der Waals surface area contributed by atoms with E-state index < -0.39 is 0 Å². The van der Waals surface area contributed by atoms with Crippen molar-refractivity contribution >= 4 is 46.6 Å². The lowest BCUT2D eigenvalue weighted by Gasteiger charge is -2.14. The van der Waals surface area contributed by atoms with Gasteiger partial charge < -0.3 is 5.32 Å². The number of benzene rings is 1. The van der Waals surface area contributed by atoms with E-state index in [-0.39, 0.29) is 11.2 Å². The molecule has 0 bridgehead atoms. The van der Waals surface area contributed by atoms with Crippen molar-refractivity contribution in [2.24, 2.45) is 0 Å². The topological polar surface area (TPSA) is 54.9 Å². The lowest BCUT2D eigenvalue weighted by Crippen LogP contribution is -2.23. The highest BCUT2D eigenvalue weighted by atomic mass is 35.5. The van der Waals surface area contributed by atoms with E-state index in [0.29, 0.717) is 20.9 Å². The molecular formula is C16H17Cl2N3OS. The van der Waals surface area contributed by atoms with Crippen LogP contribution in [0.5, 0.6) is 0 Å². The smallest absolute Gasteiger partial charge is 0.237 e. The average molecular weight is 370 g/mol. The summed E-state index contributed by atoms with van der Waals surface area (Å²) in [5, 5.41) is 3.76. The highest BCUT2D eigenvalue weighted by molar-refractivity contribution is 8.00. The molecule has 4 nitrogen and oxygen atoms in total. The molecule has 2 rings (SSSR count). The Hall–Kier alpha value is -1.30. The molecule has 1 N–H and O–H groups in total. The van der Waals surface area contributed by atoms with Crippen LogP contribution in [-0.2, 0) is 4.79 Å². The average Bonchev–Trinajstić information content (AvgIpc) is 2.48. The molecule has 1 aromatic heterocycles. The fourth-order valence-electron chi connectivity index (χ4n) is 1.85. The molecule has 0 saturated carbocycles. The van der Waals surface area contributed by atoms with Crippen LogP contribution in [-0.4, -0.2) is 21.1 Å². The predicted octanol–water partition coefficient (Wildman–Crippen LogP) is 4.83. The van der Waals surface area contributed by atoms with Gasteiger partial charge in [-0.25, -0.2) is 9.97 Å². The molecule has 122 valence electrons. The second kappa shape index (κ2) is 7.51. The molecule has 0 aliphatic heterocycles. The minimum atomic E-state index is -0.385. The Labute approximate surface area is 150 Å². The van der Waals surface area contributed by atoms with Crippen molar-refractivity contribution in [3.8, 4) is 0 Å². The summed E-state index contributed by atoms with van der Waals surface area (Å²) in [6, 6.07) is 5.08. The van der Waals surface area contributed by atoms with Gasteiger partial charge in [-0.1, -0.05) is 41.0 Å². The Bertz CT molecular complexity index is 709. The summed E-state index contributed by atoms with van der Waals surface area (Å²) in [6.45, 7) is 7.64. The summed E-state index contributed by atoms with van der Waals surface area (Å²) in [7, 11) is 0.